The summed E-state index contributed by atoms with van der Waals surface area (Å²) in [5.74, 6) is -0.884. The average molecular weight is 272 g/mol. The Morgan fingerprint density at radius 2 is 2.00 bits per heavy atom. The molecule has 1 aromatic heterocycles. The van der Waals surface area contributed by atoms with Gasteiger partial charge in [0.05, 0.1) is 11.8 Å². The summed E-state index contributed by atoms with van der Waals surface area (Å²) in [6.45, 7) is 0.593. The van der Waals surface area contributed by atoms with Gasteiger partial charge in [-0.15, -0.1) is 0 Å². The Bertz CT molecular complexity index is 572. The molecule has 0 aliphatic rings. The van der Waals surface area contributed by atoms with Gasteiger partial charge in [0.25, 0.3) is 5.91 Å². The Balaban J connectivity index is 1.87. The monoisotopic (exact) mass is 272 g/mol. The van der Waals surface area contributed by atoms with Gasteiger partial charge in [0.2, 0.25) is 0 Å². The molecule has 0 unspecified atom stereocenters. The number of rotatable bonds is 5. The number of nitrogens with zero attached hydrogens (tertiary/aromatic N) is 2. The lowest BCUT2D eigenvalue weighted by Crippen LogP contribution is -2.28. The fraction of sp³-hybridized carbons (Fsp3) is 0.250. The van der Waals surface area contributed by atoms with E-state index in [0.29, 0.717) is 6.54 Å². The maximum Gasteiger partial charge on any atom is 0.256 e. The lowest BCUT2D eigenvalue weighted by Gasteiger charge is -2.17. The minimum Gasteiger partial charge on any atom is -0.342 e. The molecule has 3 nitrogen and oxygen atoms in total. The molecule has 0 fully saturated rings. The number of amides is 1. The zero-order valence-corrected chi connectivity index (χ0v) is 11.4. The van der Waals surface area contributed by atoms with Gasteiger partial charge in [-0.25, -0.2) is 4.39 Å². The van der Waals surface area contributed by atoms with E-state index in [1.807, 2.05) is 18.2 Å². The average Bonchev–Trinajstić information content (AvgIpc) is 2.48. The molecular formula is C16H17FN2O. The van der Waals surface area contributed by atoms with Crippen LogP contribution >= 0.6 is 0 Å². The topological polar surface area (TPSA) is 33.2 Å². The smallest absolute Gasteiger partial charge is 0.256 e. The van der Waals surface area contributed by atoms with Crippen molar-refractivity contribution < 1.29 is 9.18 Å². The summed E-state index contributed by atoms with van der Waals surface area (Å²) in [5, 5.41) is 0. The molecule has 0 atom stereocenters. The second kappa shape index (κ2) is 6.80. The number of hydrogen-bond donors (Lipinski definition) is 0. The van der Waals surface area contributed by atoms with Crippen LogP contribution in [0, 0.1) is 5.82 Å². The van der Waals surface area contributed by atoms with Crippen LogP contribution in [0.1, 0.15) is 22.3 Å². The number of pyridine rings is 1. The van der Waals surface area contributed by atoms with E-state index in [2.05, 4.69) is 17.1 Å². The van der Waals surface area contributed by atoms with Gasteiger partial charge in [-0.2, -0.15) is 0 Å². The Morgan fingerprint density at radius 3 is 2.70 bits per heavy atom. The lowest BCUT2D eigenvalue weighted by atomic mass is 10.1. The van der Waals surface area contributed by atoms with Crippen LogP contribution in [0.5, 0.6) is 0 Å². The predicted molar refractivity (Wildman–Crippen MR) is 75.9 cm³/mol. The van der Waals surface area contributed by atoms with Crippen LogP contribution in [0.25, 0.3) is 0 Å². The summed E-state index contributed by atoms with van der Waals surface area (Å²) in [7, 11) is 1.69. The van der Waals surface area contributed by atoms with E-state index in [9.17, 15) is 9.18 Å². The zero-order chi connectivity index (χ0) is 14.4. The highest BCUT2D eigenvalue weighted by atomic mass is 19.1. The van der Waals surface area contributed by atoms with E-state index in [4.69, 9.17) is 0 Å². The third-order valence-corrected chi connectivity index (χ3v) is 3.15. The van der Waals surface area contributed by atoms with Crippen molar-refractivity contribution in [1.82, 2.24) is 9.88 Å². The molecule has 0 radical (unpaired) electrons. The summed E-state index contributed by atoms with van der Waals surface area (Å²) >= 11 is 0. The molecule has 0 N–H and O–H groups in total. The number of halogens is 1. The molecule has 0 saturated carbocycles. The van der Waals surface area contributed by atoms with E-state index in [1.54, 1.807) is 11.9 Å². The minimum absolute atomic E-state index is 0.0715. The van der Waals surface area contributed by atoms with Crippen LogP contribution in [0.2, 0.25) is 0 Å². The number of aromatic nitrogens is 1. The van der Waals surface area contributed by atoms with Crippen molar-refractivity contribution in [2.45, 2.75) is 12.8 Å². The summed E-state index contributed by atoms with van der Waals surface area (Å²) in [6, 6.07) is 11.5. The highest BCUT2D eigenvalue weighted by Crippen LogP contribution is 2.09. The molecule has 0 bridgehead atoms. The highest BCUT2D eigenvalue weighted by molar-refractivity contribution is 5.94. The van der Waals surface area contributed by atoms with Gasteiger partial charge >= 0.3 is 0 Å². The number of benzene rings is 1. The Labute approximate surface area is 118 Å². The van der Waals surface area contributed by atoms with Crippen molar-refractivity contribution in [3.63, 3.8) is 0 Å². The largest absolute Gasteiger partial charge is 0.342 e. The van der Waals surface area contributed by atoms with Crippen LogP contribution in [-0.4, -0.2) is 29.4 Å². The molecule has 0 saturated heterocycles. The highest BCUT2D eigenvalue weighted by Gasteiger charge is 2.15. The van der Waals surface area contributed by atoms with Crippen LogP contribution in [0.4, 0.5) is 4.39 Å². The molecule has 2 rings (SSSR count). The van der Waals surface area contributed by atoms with Gasteiger partial charge in [-0.1, -0.05) is 30.3 Å². The molecule has 1 aromatic carbocycles. The molecule has 0 spiro atoms. The first-order chi connectivity index (χ1) is 9.68. The van der Waals surface area contributed by atoms with Crippen molar-refractivity contribution in [3.05, 3.63) is 65.7 Å². The summed E-state index contributed by atoms with van der Waals surface area (Å²) < 4.78 is 13.5. The zero-order valence-electron chi connectivity index (χ0n) is 11.4. The number of carbonyl (C=O) groups excluding carboxylic acids is 1. The Hall–Kier alpha value is -2.23. The second-order valence-electron chi connectivity index (χ2n) is 4.67. The van der Waals surface area contributed by atoms with Crippen molar-refractivity contribution in [2.24, 2.45) is 0 Å². The van der Waals surface area contributed by atoms with Crippen molar-refractivity contribution in [3.8, 4) is 0 Å². The van der Waals surface area contributed by atoms with Crippen LogP contribution in [-0.2, 0) is 6.42 Å². The van der Waals surface area contributed by atoms with Crippen LogP contribution < -0.4 is 0 Å². The first-order valence-electron chi connectivity index (χ1n) is 6.57. The number of hydrogen-bond acceptors (Lipinski definition) is 2. The SMILES string of the molecule is CN(CCCc1ccccc1)C(=O)c1ccncc1F. The maximum absolute atomic E-state index is 13.5. The second-order valence-corrected chi connectivity index (χ2v) is 4.67. The molecule has 2 aromatic rings. The maximum atomic E-state index is 13.5. The molecule has 0 aliphatic carbocycles. The van der Waals surface area contributed by atoms with Crippen molar-refractivity contribution >= 4 is 5.91 Å². The van der Waals surface area contributed by atoms with Crippen LogP contribution in [0.15, 0.2) is 48.8 Å². The molecule has 20 heavy (non-hydrogen) atoms. The van der Waals surface area contributed by atoms with E-state index < -0.39 is 5.82 Å². The summed E-state index contributed by atoms with van der Waals surface area (Å²) in [5.41, 5.74) is 1.31. The molecule has 0 aliphatic heterocycles. The molecule has 104 valence electrons. The molecule has 1 heterocycles. The fourth-order valence-corrected chi connectivity index (χ4v) is 2.02. The first kappa shape index (κ1) is 14.2. The van der Waals surface area contributed by atoms with E-state index >= 15 is 0 Å². The van der Waals surface area contributed by atoms with Gasteiger partial charge in [-0.3, -0.25) is 9.78 Å². The van der Waals surface area contributed by atoms with Crippen LogP contribution in [0.3, 0.4) is 0 Å². The fourth-order valence-electron chi connectivity index (χ4n) is 2.02. The van der Waals surface area contributed by atoms with Gasteiger partial charge in [-0.05, 0) is 24.5 Å². The normalized spacial score (nSPS) is 10.3. The van der Waals surface area contributed by atoms with Crippen molar-refractivity contribution in [2.75, 3.05) is 13.6 Å². The standard InChI is InChI=1S/C16H17FN2O/c1-19(11-5-8-13-6-3-2-4-7-13)16(20)14-9-10-18-12-15(14)17/h2-4,6-7,9-10,12H,5,8,11H2,1H3. The third-order valence-electron chi connectivity index (χ3n) is 3.15. The van der Waals surface area contributed by atoms with E-state index in [-0.39, 0.29) is 11.5 Å². The van der Waals surface area contributed by atoms with Crippen molar-refractivity contribution in [1.29, 1.82) is 0 Å². The van der Waals surface area contributed by atoms with Gasteiger partial charge in [0, 0.05) is 19.8 Å². The Morgan fingerprint density at radius 1 is 1.25 bits per heavy atom. The van der Waals surface area contributed by atoms with E-state index in [1.165, 1.54) is 17.8 Å². The predicted octanol–water partition coefficient (Wildman–Crippen LogP) is 2.93. The molecular weight excluding hydrogens is 255 g/mol. The van der Waals surface area contributed by atoms with Gasteiger partial charge in [0.1, 0.15) is 0 Å². The van der Waals surface area contributed by atoms with Gasteiger partial charge in [0.15, 0.2) is 5.82 Å². The first-order valence-corrected chi connectivity index (χ1v) is 6.57. The Kier molecular flexibility index (Phi) is 4.82. The minimum atomic E-state index is -0.576. The summed E-state index contributed by atoms with van der Waals surface area (Å²) in [6.07, 6.45) is 4.23. The van der Waals surface area contributed by atoms with Gasteiger partial charge < -0.3 is 4.90 Å². The van der Waals surface area contributed by atoms with E-state index in [0.717, 1.165) is 19.0 Å². The number of aryl methyl sites for hydroxylation is 1. The lowest BCUT2D eigenvalue weighted by molar-refractivity contribution is 0.0788. The number of carbonyl (C=O) groups is 1. The summed E-state index contributed by atoms with van der Waals surface area (Å²) in [4.78, 5) is 17.3. The molecule has 4 heteroatoms. The third kappa shape index (κ3) is 3.63. The quantitative estimate of drug-likeness (QED) is 0.838. The molecule has 1 amide bonds.